The predicted octanol–water partition coefficient (Wildman–Crippen LogP) is 0.637. The minimum absolute atomic E-state index is 0.248. The summed E-state index contributed by atoms with van der Waals surface area (Å²) in [4.78, 5) is 2.42. The summed E-state index contributed by atoms with van der Waals surface area (Å²) in [5.41, 5.74) is 0. The molecule has 0 aromatic rings. The van der Waals surface area contributed by atoms with E-state index in [1.807, 2.05) is 0 Å². The Kier molecular flexibility index (Phi) is 3.97. The van der Waals surface area contributed by atoms with E-state index in [9.17, 15) is 0 Å². The highest BCUT2D eigenvalue weighted by molar-refractivity contribution is 4.79. The molecule has 2 rings (SSSR count). The Balaban J connectivity index is 1.87. The van der Waals surface area contributed by atoms with Crippen molar-refractivity contribution in [3.63, 3.8) is 0 Å². The summed E-state index contributed by atoms with van der Waals surface area (Å²) in [6, 6.07) is 0.572. The maximum absolute atomic E-state index is 5.61. The van der Waals surface area contributed by atoms with Gasteiger partial charge in [-0.15, -0.1) is 0 Å². The Labute approximate surface area is 91.9 Å². The lowest BCUT2D eigenvalue weighted by molar-refractivity contribution is 0.0362. The second kappa shape index (κ2) is 5.25. The zero-order valence-electron chi connectivity index (χ0n) is 9.74. The van der Waals surface area contributed by atoms with Gasteiger partial charge in [0, 0.05) is 25.6 Å². The van der Waals surface area contributed by atoms with Crippen molar-refractivity contribution >= 4 is 0 Å². The van der Waals surface area contributed by atoms with Crippen molar-refractivity contribution in [2.45, 2.75) is 32.5 Å². The van der Waals surface area contributed by atoms with Gasteiger partial charge in [-0.25, -0.2) is 0 Å². The van der Waals surface area contributed by atoms with Crippen LogP contribution in [0, 0.1) is 5.92 Å². The van der Waals surface area contributed by atoms with E-state index in [1.54, 1.807) is 0 Å². The first-order valence-electron chi connectivity index (χ1n) is 5.94. The first kappa shape index (κ1) is 11.3. The van der Waals surface area contributed by atoms with E-state index in [2.05, 4.69) is 24.1 Å². The molecule has 2 heterocycles. The molecule has 4 heteroatoms. The highest BCUT2D eigenvalue weighted by atomic mass is 16.5. The third-order valence-electron chi connectivity index (χ3n) is 3.27. The van der Waals surface area contributed by atoms with Gasteiger partial charge in [-0.3, -0.25) is 10.2 Å². The number of hydrogen-bond donors (Lipinski definition) is 1. The maximum Gasteiger partial charge on any atom is 0.109 e. The third-order valence-corrected chi connectivity index (χ3v) is 3.27. The summed E-state index contributed by atoms with van der Waals surface area (Å²) < 4.78 is 11.0. The molecule has 0 amide bonds. The molecule has 1 N–H and O–H groups in total. The number of nitrogens with zero attached hydrogens (tertiary/aromatic N) is 1. The van der Waals surface area contributed by atoms with Crippen LogP contribution in [0.2, 0.25) is 0 Å². The first-order valence-corrected chi connectivity index (χ1v) is 5.94. The molecule has 0 spiro atoms. The minimum atomic E-state index is 0.248. The Morgan fingerprint density at radius 2 is 2.27 bits per heavy atom. The molecule has 2 saturated heterocycles. The Morgan fingerprint density at radius 3 is 2.80 bits per heavy atom. The zero-order valence-corrected chi connectivity index (χ0v) is 9.74. The molecule has 2 aliphatic heterocycles. The van der Waals surface area contributed by atoms with Gasteiger partial charge in [-0.05, 0) is 5.92 Å². The Hall–Kier alpha value is -0.160. The Bertz CT molecular complexity index is 187. The van der Waals surface area contributed by atoms with Crippen molar-refractivity contribution in [2.75, 3.05) is 33.0 Å². The SMILES string of the molecule is CC(C)C(CC1NCCO1)N1CCOC1. The number of ether oxygens (including phenoxy) is 2. The predicted molar refractivity (Wildman–Crippen MR) is 58.5 cm³/mol. The average molecular weight is 214 g/mol. The lowest BCUT2D eigenvalue weighted by Crippen LogP contribution is -2.42. The van der Waals surface area contributed by atoms with Crippen molar-refractivity contribution in [1.82, 2.24) is 10.2 Å². The van der Waals surface area contributed by atoms with Crippen molar-refractivity contribution in [3.05, 3.63) is 0 Å². The largest absolute Gasteiger partial charge is 0.365 e. The van der Waals surface area contributed by atoms with Gasteiger partial charge in [0.2, 0.25) is 0 Å². The van der Waals surface area contributed by atoms with Crippen LogP contribution >= 0.6 is 0 Å². The number of nitrogens with one attached hydrogen (secondary N) is 1. The molecule has 0 radical (unpaired) electrons. The van der Waals surface area contributed by atoms with Crippen molar-refractivity contribution in [2.24, 2.45) is 5.92 Å². The zero-order chi connectivity index (χ0) is 10.7. The molecule has 0 aromatic carbocycles. The lowest BCUT2D eigenvalue weighted by Gasteiger charge is -2.31. The van der Waals surface area contributed by atoms with E-state index in [0.29, 0.717) is 12.0 Å². The number of rotatable bonds is 4. The maximum atomic E-state index is 5.61. The van der Waals surface area contributed by atoms with Crippen molar-refractivity contribution in [1.29, 1.82) is 0 Å². The van der Waals surface area contributed by atoms with Crippen LogP contribution < -0.4 is 5.32 Å². The van der Waals surface area contributed by atoms with Crippen LogP contribution in [0.25, 0.3) is 0 Å². The Morgan fingerprint density at radius 1 is 1.40 bits per heavy atom. The molecule has 0 aliphatic carbocycles. The third kappa shape index (κ3) is 2.91. The van der Waals surface area contributed by atoms with Gasteiger partial charge in [-0.2, -0.15) is 0 Å². The molecule has 0 aromatic heterocycles. The van der Waals surface area contributed by atoms with Gasteiger partial charge in [0.15, 0.2) is 0 Å². The van der Waals surface area contributed by atoms with Gasteiger partial charge in [0.25, 0.3) is 0 Å². The van der Waals surface area contributed by atoms with Crippen molar-refractivity contribution in [3.8, 4) is 0 Å². The molecule has 88 valence electrons. The molecule has 2 aliphatic rings. The van der Waals surface area contributed by atoms with Crippen LogP contribution in [-0.2, 0) is 9.47 Å². The summed E-state index contributed by atoms with van der Waals surface area (Å²) in [5, 5.41) is 3.38. The van der Waals surface area contributed by atoms with Crippen LogP contribution in [0.4, 0.5) is 0 Å². The molecule has 2 atom stereocenters. The monoisotopic (exact) mass is 214 g/mol. The molecule has 0 bridgehead atoms. The molecule has 0 saturated carbocycles. The highest BCUT2D eigenvalue weighted by Gasteiger charge is 2.29. The summed E-state index contributed by atoms with van der Waals surface area (Å²) >= 11 is 0. The second-order valence-corrected chi connectivity index (χ2v) is 4.71. The first-order chi connectivity index (χ1) is 7.27. The van der Waals surface area contributed by atoms with Gasteiger partial charge in [0.1, 0.15) is 6.23 Å². The van der Waals surface area contributed by atoms with E-state index in [1.165, 1.54) is 0 Å². The quantitative estimate of drug-likeness (QED) is 0.744. The molecular weight excluding hydrogens is 192 g/mol. The summed E-state index contributed by atoms with van der Waals surface area (Å²) in [7, 11) is 0. The summed E-state index contributed by atoms with van der Waals surface area (Å²) in [6.07, 6.45) is 1.32. The smallest absolute Gasteiger partial charge is 0.109 e. The summed E-state index contributed by atoms with van der Waals surface area (Å²) in [5.74, 6) is 0.651. The van der Waals surface area contributed by atoms with Crippen LogP contribution in [0.3, 0.4) is 0 Å². The topological polar surface area (TPSA) is 33.7 Å². The van der Waals surface area contributed by atoms with Crippen LogP contribution in [0.5, 0.6) is 0 Å². The fourth-order valence-corrected chi connectivity index (χ4v) is 2.38. The van der Waals surface area contributed by atoms with E-state index < -0.39 is 0 Å². The number of hydrogen-bond acceptors (Lipinski definition) is 4. The average Bonchev–Trinajstić information content (AvgIpc) is 2.87. The summed E-state index contributed by atoms with van der Waals surface area (Å²) in [6.45, 7) is 9.13. The van der Waals surface area contributed by atoms with E-state index in [0.717, 1.165) is 39.5 Å². The molecule has 2 unspecified atom stereocenters. The van der Waals surface area contributed by atoms with Crippen molar-refractivity contribution < 1.29 is 9.47 Å². The fraction of sp³-hybridized carbons (Fsp3) is 1.00. The highest BCUT2D eigenvalue weighted by Crippen LogP contribution is 2.20. The van der Waals surface area contributed by atoms with Gasteiger partial charge < -0.3 is 9.47 Å². The second-order valence-electron chi connectivity index (χ2n) is 4.71. The van der Waals surface area contributed by atoms with Crippen LogP contribution in [0.15, 0.2) is 0 Å². The normalized spacial score (nSPS) is 30.2. The molecule has 15 heavy (non-hydrogen) atoms. The van der Waals surface area contributed by atoms with E-state index >= 15 is 0 Å². The van der Waals surface area contributed by atoms with E-state index in [4.69, 9.17) is 9.47 Å². The van der Waals surface area contributed by atoms with E-state index in [-0.39, 0.29) is 6.23 Å². The fourth-order valence-electron chi connectivity index (χ4n) is 2.38. The van der Waals surface area contributed by atoms with Gasteiger partial charge in [-0.1, -0.05) is 13.8 Å². The molecule has 4 nitrogen and oxygen atoms in total. The van der Waals surface area contributed by atoms with Crippen LogP contribution in [0.1, 0.15) is 20.3 Å². The minimum Gasteiger partial charge on any atom is -0.365 e. The standard InChI is InChI=1S/C11H22N2O2/c1-9(2)10(13-4-6-14-8-13)7-11-12-3-5-15-11/h9-12H,3-8H2,1-2H3. The molecular formula is C11H22N2O2. The van der Waals surface area contributed by atoms with Gasteiger partial charge in [0.05, 0.1) is 19.9 Å². The van der Waals surface area contributed by atoms with Crippen LogP contribution in [-0.4, -0.2) is 50.2 Å². The molecule has 2 fully saturated rings. The lowest BCUT2D eigenvalue weighted by atomic mass is 9.99. The van der Waals surface area contributed by atoms with Gasteiger partial charge >= 0.3 is 0 Å².